The summed E-state index contributed by atoms with van der Waals surface area (Å²) in [7, 11) is 0. The summed E-state index contributed by atoms with van der Waals surface area (Å²) in [5.74, 6) is -1.73. The Bertz CT molecular complexity index is 1080. The number of nitrogens with zero attached hydrogens (tertiary/aromatic N) is 3. The Hall–Kier alpha value is -2.50. The van der Waals surface area contributed by atoms with Crippen LogP contribution in [0.1, 0.15) is 5.56 Å². The Balaban J connectivity index is 1.70. The minimum atomic E-state index is -0.955. The normalized spacial score (nSPS) is 11.2. The van der Waals surface area contributed by atoms with Gasteiger partial charge in [-0.2, -0.15) is 0 Å². The van der Waals surface area contributed by atoms with Crippen molar-refractivity contribution < 1.29 is 8.78 Å². The van der Waals surface area contributed by atoms with Crippen molar-refractivity contribution in [2.24, 2.45) is 0 Å². The van der Waals surface area contributed by atoms with Crippen molar-refractivity contribution in [3.8, 4) is 22.8 Å². The van der Waals surface area contributed by atoms with Gasteiger partial charge in [0.15, 0.2) is 17.5 Å². The van der Waals surface area contributed by atoms with Crippen molar-refractivity contribution in [2.75, 3.05) is 0 Å². The van der Waals surface area contributed by atoms with Crippen LogP contribution >= 0.6 is 23.2 Å². The summed E-state index contributed by atoms with van der Waals surface area (Å²) >= 11 is 12.1. The Labute approximate surface area is 158 Å². The van der Waals surface area contributed by atoms with E-state index in [0.717, 1.165) is 11.6 Å². The minimum absolute atomic E-state index is 0.0356. The van der Waals surface area contributed by atoms with E-state index in [9.17, 15) is 8.78 Å². The van der Waals surface area contributed by atoms with Crippen LogP contribution in [0.4, 0.5) is 8.78 Å². The van der Waals surface area contributed by atoms with E-state index in [1.165, 1.54) is 12.1 Å². The third-order valence-corrected chi connectivity index (χ3v) is 4.57. The van der Waals surface area contributed by atoms with Crippen LogP contribution in [0.3, 0.4) is 0 Å². The lowest BCUT2D eigenvalue weighted by Crippen LogP contribution is -2.01. The van der Waals surface area contributed by atoms with Crippen LogP contribution in [0, 0.1) is 11.6 Å². The van der Waals surface area contributed by atoms with Gasteiger partial charge in [0.2, 0.25) is 0 Å². The lowest BCUT2D eigenvalue weighted by atomic mass is 10.2. The number of benzene rings is 2. The second-order valence-corrected chi connectivity index (χ2v) is 6.62. The lowest BCUT2D eigenvalue weighted by Gasteiger charge is -2.09. The molecule has 2 aromatic carbocycles. The van der Waals surface area contributed by atoms with Crippen LogP contribution in [0.15, 0.2) is 54.9 Å². The number of aromatic nitrogens is 3. The largest absolute Gasteiger partial charge is 0.348 e. The highest BCUT2D eigenvalue weighted by atomic mass is 35.5. The Morgan fingerprint density at radius 1 is 0.962 bits per heavy atom. The van der Waals surface area contributed by atoms with Gasteiger partial charge in [0.25, 0.3) is 0 Å². The molecule has 2 aliphatic heterocycles. The van der Waals surface area contributed by atoms with Gasteiger partial charge in [0.05, 0.1) is 11.3 Å². The summed E-state index contributed by atoms with van der Waals surface area (Å²) in [6.45, 7) is 0.516. The highest BCUT2D eigenvalue weighted by molar-refractivity contribution is 6.35. The van der Waals surface area contributed by atoms with Gasteiger partial charge in [0, 0.05) is 29.0 Å². The SMILES string of the molecule is Fc1cccc(-c2nc3ccn(Cc4ccc(Cl)cc4Cl)cc-3n2)c1F. The van der Waals surface area contributed by atoms with Gasteiger partial charge in [-0.25, -0.2) is 18.7 Å². The van der Waals surface area contributed by atoms with Crippen LogP contribution in [0.5, 0.6) is 0 Å². The molecule has 0 saturated carbocycles. The van der Waals surface area contributed by atoms with Gasteiger partial charge in [-0.15, -0.1) is 0 Å². The van der Waals surface area contributed by atoms with Crippen molar-refractivity contribution in [2.45, 2.75) is 6.54 Å². The summed E-state index contributed by atoms with van der Waals surface area (Å²) in [6, 6.07) is 11.0. The smallest absolute Gasteiger partial charge is 0.169 e. The first-order chi connectivity index (χ1) is 12.5. The maximum absolute atomic E-state index is 14.0. The molecule has 0 fully saturated rings. The number of fused-ring (bicyclic) bond motifs is 1. The van der Waals surface area contributed by atoms with Crippen LogP contribution in [0.2, 0.25) is 10.0 Å². The summed E-state index contributed by atoms with van der Waals surface area (Å²) in [6.07, 6.45) is 3.61. The van der Waals surface area contributed by atoms with Crippen molar-refractivity contribution in [3.05, 3.63) is 82.1 Å². The van der Waals surface area contributed by atoms with E-state index in [0.29, 0.717) is 28.0 Å². The molecule has 0 atom stereocenters. The van der Waals surface area contributed by atoms with Gasteiger partial charge in [0.1, 0.15) is 5.69 Å². The average molecular weight is 390 g/mol. The molecule has 0 N–H and O–H groups in total. The first kappa shape index (κ1) is 16.9. The molecule has 7 heteroatoms. The monoisotopic (exact) mass is 389 g/mol. The topological polar surface area (TPSA) is 30.7 Å². The molecule has 0 aliphatic carbocycles. The first-order valence-electron chi connectivity index (χ1n) is 7.73. The van der Waals surface area contributed by atoms with E-state index in [4.69, 9.17) is 23.2 Å². The van der Waals surface area contributed by atoms with E-state index in [2.05, 4.69) is 9.97 Å². The summed E-state index contributed by atoms with van der Waals surface area (Å²) in [4.78, 5) is 8.62. The van der Waals surface area contributed by atoms with Gasteiger partial charge < -0.3 is 4.57 Å². The molecule has 0 unspecified atom stereocenters. The summed E-state index contributed by atoms with van der Waals surface area (Å²) in [5, 5.41) is 1.14. The average Bonchev–Trinajstić information content (AvgIpc) is 3.03. The molecule has 2 heterocycles. The Morgan fingerprint density at radius 2 is 1.77 bits per heavy atom. The zero-order valence-corrected chi connectivity index (χ0v) is 14.8. The molecule has 3 nitrogen and oxygen atoms in total. The number of halogens is 4. The first-order valence-corrected chi connectivity index (χ1v) is 8.49. The fourth-order valence-electron chi connectivity index (χ4n) is 2.69. The maximum atomic E-state index is 14.0. The van der Waals surface area contributed by atoms with E-state index < -0.39 is 11.6 Å². The molecule has 0 amide bonds. The molecule has 2 aliphatic rings. The van der Waals surface area contributed by atoms with E-state index in [1.54, 1.807) is 24.4 Å². The molecular formula is C19H11Cl2F2N3. The second-order valence-electron chi connectivity index (χ2n) is 5.77. The predicted octanol–water partition coefficient (Wildman–Crippen LogP) is 5.68. The van der Waals surface area contributed by atoms with E-state index in [-0.39, 0.29) is 11.4 Å². The van der Waals surface area contributed by atoms with Crippen LogP contribution in [-0.4, -0.2) is 14.5 Å². The van der Waals surface area contributed by atoms with Gasteiger partial charge in [-0.05, 0) is 35.9 Å². The third-order valence-electron chi connectivity index (χ3n) is 3.99. The standard InChI is InChI=1S/C19H11Cl2F2N3/c20-12-5-4-11(14(21)8-12)9-26-7-6-16-17(10-26)25-19(24-16)13-2-1-3-15(22)18(13)23/h1-8,10H,9H2. The van der Waals surface area contributed by atoms with Crippen molar-refractivity contribution >= 4 is 23.2 Å². The number of pyridine rings is 1. The molecule has 0 saturated heterocycles. The Morgan fingerprint density at radius 3 is 2.58 bits per heavy atom. The van der Waals surface area contributed by atoms with Crippen LogP contribution in [0.25, 0.3) is 22.8 Å². The summed E-state index contributed by atoms with van der Waals surface area (Å²) in [5.41, 5.74) is 2.11. The molecule has 0 aromatic heterocycles. The van der Waals surface area contributed by atoms with Crippen LogP contribution in [-0.2, 0) is 6.54 Å². The maximum Gasteiger partial charge on any atom is 0.169 e. The highest BCUT2D eigenvalue weighted by Gasteiger charge is 2.17. The van der Waals surface area contributed by atoms with Gasteiger partial charge in [-0.3, -0.25) is 0 Å². The van der Waals surface area contributed by atoms with Gasteiger partial charge in [-0.1, -0.05) is 35.3 Å². The molecule has 0 spiro atoms. The minimum Gasteiger partial charge on any atom is -0.348 e. The van der Waals surface area contributed by atoms with Crippen molar-refractivity contribution in [1.82, 2.24) is 14.5 Å². The van der Waals surface area contributed by atoms with E-state index >= 15 is 0 Å². The molecule has 2 aromatic rings. The van der Waals surface area contributed by atoms with Crippen molar-refractivity contribution in [1.29, 1.82) is 0 Å². The van der Waals surface area contributed by atoms with Crippen LogP contribution < -0.4 is 0 Å². The molecule has 0 bridgehead atoms. The number of hydrogen-bond donors (Lipinski definition) is 0. The quantitative estimate of drug-likeness (QED) is 0.451. The highest BCUT2D eigenvalue weighted by Crippen LogP contribution is 2.28. The fourth-order valence-corrected chi connectivity index (χ4v) is 3.16. The Kier molecular flexibility index (Phi) is 4.34. The fraction of sp³-hybridized carbons (Fsp3) is 0.0526. The predicted molar refractivity (Wildman–Crippen MR) is 97.6 cm³/mol. The van der Waals surface area contributed by atoms with E-state index in [1.807, 2.05) is 16.8 Å². The van der Waals surface area contributed by atoms with Crippen molar-refractivity contribution in [3.63, 3.8) is 0 Å². The molecule has 0 radical (unpaired) electrons. The molecular weight excluding hydrogens is 379 g/mol. The number of rotatable bonds is 3. The summed E-state index contributed by atoms with van der Waals surface area (Å²) < 4.78 is 29.3. The zero-order valence-electron chi connectivity index (χ0n) is 13.3. The second kappa shape index (κ2) is 6.67. The number of imidazole rings is 1. The molecule has 4 rings (SSSR count). The molecule has 26 heavy (non-hydrogen) atoms. The number of hydrogen-bond acceptors (Lipinski definition) is 2. The third kappa shape index (κ3) is 3.16. The zero-order chi connectivity index (χ0) is 18.3. The molecule has 130 valence electrons. The van der Waals surface area contributed by atoms with Gasteiger partial charge >= 0.3 is 0 Å². The lowest BCUT2D eigenvalue weighted by molar-refractivity contribution is 0.510.